The molecule has 10 nitrogen and oxygen atoms in total. The van der Waals surface area contributed by atoms with Crippen molar-refractivity contribution in [2.24, 2.45) is 0 Å². The van der Waals surface area contributed by atoms with Crippen LogP contribution in [-0.2, 0) is 20.8 Å². The van der Waals surface area contributed by atoms with E-state index < -0.39 is 17.9 Å². The van der Waals surface area contributed by atoms with Crippen LogP contribution in [0.25, 0.3) is 11.3 Å². The van der Waals surface area contributed by atoms with Gasteiger partial charge in [0.2, 0.25) is 11.8 Å². The molecule has 2 aromatic carbocycles. The number of anilines is 1. The van der Waals surface area contributed by atoms with E-state index in [1.807, 2.05) is 0 Å². The minimum absolute atomic E-state index is 0.0429. The molecule has 0 aliphatic carbocycles. The summed E-state index contributed by atoms with van der Waals surface area (Å²) in [7, 11) is 0. The van der Waals surface area contributed by atoms with Crippen molar-refractivity contribution in [3.63, 3.8) is 0 Å². The first-order valence-corrected chi connectivity index (χ1v) is 11.7. The van der Waals surface area contributed by atoms with Crippen LogP contribution in [0.3, 0.4) is 0 Å². The number of ether oxygens (including phenoxy) is 2. The van der Waals surface area contributed by atoms with Gasteiger partial charge in [-0.3, -0.25) is 10.1 Å². The zero-order valence-electron chi connectivity index (χ0n) is 19.1. The van der Waals surface area contributed by atoms with Crippen LogP contribution in [0.2, 0.25) is 10.0 Å². The number of halogens is 2. The minimum atomic E-state index is -1.17. The number of benzene rings is 2. The number of amides is 1. The Hall–Kier alpha value is -2.99. The van der Waals surface area contributed by atoms with Crippen LogP contribution in [0.1, 0.15) is 16.2 Å². The van der Waals surface area contributed by atoms with E-state index in [1.165, 1.54) is 18.3 Å². The number of carbonyl (C=O) groups is 2. The predicted molar refractivity (Wildman–Crippen MR) is 133 cm³/mol. The maximum Gasteiger partial charge on any atom is 0.337 e. The molecule has 0 spiro atoms. The molecule has 3 rings (SSSR count). The molecule has 0 saturated heterocycles. The Labute approximate surface area is 217 Å². The number of carboxylic acids is 1. The topological polar surface area (TPSA) is 143 Å². The van der Waals surface area contributed by atoms with Crippen LogP contribution in [-0.4, -0.2) is 66.1 Å². The molecule has 3 aromatic rings. The second kappa shape index (κ2) is 13.9. The first kappa shape index (κ1) is 27.6. The quantitative estimate of drug-likeness (QED) is 0.227. The van der Waals surface area contributed by atoms with E-state index in [2.05, 4.69) is 15.6 Å². The SMILES string of the molecule is O=C(O)c1ccccc1NC(=O)C(COCCOCCO)NCc1ncc(-c2cc(Cl)ccc2Cl)o1. The number of aromatic nitrogens is 1. The zero-order valence-corrected chi connectivity index (χ0v) is 20.6. The largest absolute Gasteiger partial charge is 0.478 e. The molecular formula is C24H25Cl2N3O7. The van der Waals surface area contributed by atoms with Crippen molar-refractivity contribution in [2.75, 3.05) is 38.4 Å². The molecule has 0 bridgehead atoms. The lowest BCUT2D eigenvalue weighted by molar-refractivity contribution is -0.119. The number of hydrogen-bond donors (Lipinski definition) is 4. The van der Waals surface area contributed by atoms with E-state index in [0.29, 0.717) is 21.4 Å². The lowest BCUT2D eigenvalue weighted by Crippen LogP contribution is -2.44. The van der Waals surface area contributed by atoms with Gasteiger partial charge in [0.15, 0.2) is 5.76 Å². The van der Waals surface area contributed by atoms with Gasteiger partial charge in [0, 0.05) is 10.6 Å². The molecule has 192 valence electrons. The van der Waals surface area contributed by atoms with Crippen molar-refractivity contribution in [2.45, 2.75) is 12.6 Å². The second-order valence-electron chi connectivity index (χ2n) is 7.43. The van der Waals surface area contributed by atoms with Crippen LogP contribution in [0.4, 0.5) is 5.69 Å². The molecule has 0 radical (unpaired) electrons. The Morgan fingerprint density at radius 2 is 1.86 bits per heavy atom. The summed E-state index contributed by atoms with van der Waals surface area (Å²) in [6, 6.07) is 10.2. The molecule has 1 heterocycles. The number of hydrogen-bond acceptors (Lipinski definition) is 8. The van der Waals surface area contributed by atoms with E-state index in [0.717, 1.165) is 0 Å². The fourth-order valence-electron chi connectivity index (χ4n) is 3.12. The van der Waals surface area contributed by atoms with E-state index >= 15 is 0 Å². The molecule has 0 aliphatic heterocycles. The third kappa shape index (κ3) is 8.02. The summed E-state index contributed by atoms with van der Waals surface area (Å²) in [6.45, 7) is 0.529. The number of aliphatic hydroxyl groups is 1. The molecule has 4 N–H and O–H groups in total. The number of nitrogens with one attached hydrogen (secondary N) is 2. The zero-order chi connectivity index (χ0) is 25.9. The maximum atomic E-state index is 13.0. The summed E-state index contributed by atoms with van der Waals surface area (Å²) >= 11 is 12.3. The highest BCUT2D eigenvalue weighted by Crippen LogP contribution is 2.31. The molecule has 1 amide bonds. The van der Waals surface area contributed by atoms with Crippen molar-refractivity contribution >= 4 is 40.8 Å². The number of carboxylic acid groups (broad SMARTS) is 1. The van der Waals surface area contributed by atoms with Crippen molar-refractivity contribution in [1.29, 1.82) is 0 Å². The van der Waals surface area contributed by atoms with Gasteiger partial charge in [-0.25, -0.2) is 9.78 Å². The van der Waals surface area contributed by atoms with E-state index in [-0.39, 0.29) is 56.7 Å². The molecule has 0 fully saturated rings. The molecule has 1 unspecified atom stereocenters. The number of para-hydroxylation sites is 1. The molecule has 1 aromatic heterocycles. The summed E-state index contributed by atoms with van der Waals surface area (Å²) < 4.78 is 16.5. The summed E-state index contributed by atoms with van der Waals surface area (Å²) in [4.78, 5) is 28.7. The third-order valence-corrected chi connectivity index (χ3v) is 5.44. The van der Waals surface area contributed by atoms with Gasteiger partial charge in [0.05, 0.1) is 62.0 Å². The maximum absolute atomic E-state index is 13.0. The van der Waals surface area contributed by atoms with Crippen molar-refractivity contribution in [3.8, 4) is 11.3 Å². The molecule has 0 aliphatic rings. The lowest BCUT2D eigenvalue weighted by Gasteiger charge is -2.18. The van der Waals surface area contributed by atoms with Crippen LogP contribution >= 0.6 is 23.2 Å². The van der Waals surface area contributed by atoms with E-state index in [1.54, 1.807) is 30.3 Å². The van der Waals surface area contributed by atoms with Crippen LogP contribution in [0.15, 0.2) is 53.1 Å². The number of rotatable bonds is 14. The average molecular weight is 538 g/mol. The van der Waals surface area contributed by atoms with Gasteiger partial charge < -0.3 is 29.4 Å². The van der Waals surface area contributed by atoms with Gasteiger partial charge in [0.1, 0.15) is 6.04 Å². The van der Waals surface area contributed by atoms with Gasteiger partial charge in [-0.05, 0) is 30.3 Å². The highest BCUT2D eigenvalue weighted by molar-refractivity contribution is 6.35. The number of nitrogens with zero attached hydrogens (tertiary/aromatic N) is 1. The highest BCUT2D eigenvalue weighted by Gasteiger charge is 2.22. The Morgan fingerprint density at radius 1 is 1.08 bits per heavy atom. The van der Waals surface area contributed by atoms with Crippen LogP contribution < -0.4 is 10.6 Å². The average Bonchev–Trinajstić information content (AvgIpc) is 3.33. The first-order valence-electron chi connectivity index (χ1n) is 10.9. The van der Waals surface area contributed by atoms with Gasteiger partial charge in [-0.2, -0.15) is 0 Å². The molecule has 1 atom stereocenters. The highest BCUT2D eigenvalue weighted by atomic mass is 35.5. The Morgan fingerprint density at radius 3 is 2.64 bits per heavy atom. The smallest absolute Gasteiger partial charge is 0.337 e. The van der Waals surface area contributed by atoms with Crippen molar-refractivity contribution < 1.29 is 33.7 Å². The normalized spacial score (nSPS) is 11.9. The summed E-state index contributed by atoms with van der Waals surface area (Å²) in [5.41, 5.74) is 0.689. The Kier molecular flexibility index (Phi) is 10.7. The van der Waals surface area contributed by atoms with Gasteiger partial charge >= 0.3 is 5.97 Å². The Bertz CT molecular complexity index is 1170. The summed E-state index contributed by atoms with van der Waals surface area (Å²) in [5.74, 6) is -0.978. The number of carbonyl (C=O) groups excluding carboxylic acids is 1. The molecular weight excluding hydrogens is 513 g/mol. The van der Waals surface area contributed by atoms with E-state index in [4.69, 9.17) is 42.2 Å². The Balaban J connectivity index is 1.67. The van der Waals surface area contributed by atoms with Gasteiger partial charge in [-0.1, -0.05) is 35.3 Å². The molecule has 12 heteroatoms. The molecule has 36 heavy (non-hydrogen) atoms. The van der Waals surface area contributed by atoms with Gasteiger partial charge in [0.25, 0.3) is 0 Å². The fourth-order valence-corrected chi connectivity index (χ4v) is 3.51. The number of aromatic carboxylic acids is 1. The molecule has 0 saturated carbocycles. The summed E-state index contributed by atoms with van der Waals surface area (Å²) in [5, 5.41) is 24.7. The van der Waals surface area contributed by atoms with Gasteiger partial charge in [-0.15, -0.1) is 0 Å². The van der Waals surface area contributed by atoms with Crippen molar-refractivity contribution in [1.82, 2.24) is 10.3 Å². The van der Waals surface area contributed by atoms with Crippen molar-refractivity contribution in [3.05, 3.63) is 70.2 Å². The fraction of sp³-hybridized carbons (Fsp3) is 0.292. The second-order valence-corrected chi connectivity index (χ2v) is 8.27. The van der Waals surface area contributed by atoms with E-state index in [9.17, 15) is 14.7 Å². The monoisotopic (exact) mass is 537 g/mol. The van der Waals surface area contributed by atoms with Crippen LogP contribution in [0, 0.1) is 0 Å². The predicted octanol–water partition coefficient (Wildman–Crippen LogP) is 3.47. The standard InChI is InChI=1S/C24H25Cl2N3O7/c25-15-5-6-18(26)17(11-15)21-12-28-22(36-21)13-27-20(14-35-10-9-34-8-7-30)23(31)29-19-4-2-1-3-16(19)24(32)33/h1-6,11-12,20,27,30H,7-10,13-14H2,(H,29,31)(H,32,33). The summed E-state index contributed by atoms with van der Waals surface area (Å²) in [6.07, 6.45) is 1.50. The van der Waals surface area contributed by atoms with Crippen LogP contribution in [0.5, 0.6) is 0 Å². The lowest BCUT2D eigenvalue weighted by atomic mass is 10.1. The number of aliphatic hydroxyl groups excluding tert-OH is 1. The first-order chi connectivity index (χ1) is 17.4. The third-order valence-electron chi connectivity index (χ3n) is 4.87. The number of oxazole rings is 1. The minimum Gasteiger partial charge on any atom is -0.478 e.